The van der Waals surface area contributed by atoms with Gasteiger partial charge in [-0.2, -0.15) is 16.3 Å². The Bertz CT molecular complexity index is 995. The number of amides is 1. The molecule has 0 aliphatic carbocycles. The molecule has 0 unspecified atom stereocenters. The number of aromatic nitrogens is 4. The van der Waals surface area contributed by atoms with Gasteiger partial charge in [-0.25, -0.2) is 9.97 Å². The standard InChI is InChI=1S/C20H23N5O3S/c1-12-5-6-13(16-23-19(28-24-16)20(2,3)27)9-25(12)18(26)15-11-29-10-14(15)17-21-7-4-8-22-17/h4,7-8,10-13,27H,5-6,9H2,1-3H3/t12-,13-/m1/s1. The normalized spacial score (nSPS) is 20.1. The largest absolute Gasteiger partial charge is 0.381 e. The van der Waals surface area contributed by atoms with E-state index < -0.39 is 5.60 Å². The fraction of sp³-hybridized carbons (Fsp3) is 0.450. The van der Waals surface area contributed by atoms with Gasteiger partial charge in [0.15, 0.2) is 11.6 Å². The highest BCUT2D eigenvalue weighted by atomic mass is 32.1. The van der Waals surface area contributed by atoms with Crippen molar-refractivity contribution in [3.05, 3.63) is 46.5 Å². The molecule has 152 valence electrons. The summed E-state index contributed by atoms with van der Waals surface area (Å²) in [5.41, 5.74) is 0.169. The molecule has 9 heteroatoms. The fourth-order valence-corrected chi connectivity index (χ4v) is 4.28. The molecule has 1 fully saturated rings. The monoisotopic (exact) mass is 413 g/mol. The minimum absolute atomic E-state index is 0.0370. The Balaban J connectivity index is 1.58. The number of aliphatic hydroxyl groups is 1. The lowest BCUT2D eigenvalue weighted by molar-refractivity contribution is 0.0420. The first-order chi connectivity index (χ1) is 13.8. The van der Waals surface area contributed by atoms with E-state index in [-0.39, 0.29) is 23.8 Å². The lowest BCUT2D eigenvalue weighted by Gasteiger charge is -2.37. The van der Waals surface area contributed by atoms with Gasteiger partial charge in [0, 0.05) is 47.2 Å². The zero-order valence-corrected chi connectivity index (χ0v) is 17.4. The van der Waals surface area contributed by atoms with Crippen LogP contribution in [0, 0.1) is 0 Å². The van der Waals surface area contributed by atoms with E-state index in [1.165, 1.54) is 11.3 Å². The molecule has 0 aromatic carbocycles. The molecule has 2 atom stereocenters. The summed E-state index contributed by atoms with van der Waals surface area (Å²) in [6, 6.07) is 1.85. The number of piperidine rings is 1. The Labute approximate surface area is 172 Å². The number of thiophene rings is 1. The van der Waals surface area contributed by atoms with Crippen molar-refractivity contribution in [3.8, 4) is 11.4 Å². The topological polar surface area (TPSA) is 105 Å². The molecule has 3 aromatic heterocycles. The molecule has 29 heavy (non-hydrogen) atoms. The number of hydrogen-bond acceptors (Lipinski definition) is 8. The van der Waals surface area contributed by atoms with Gasteiger partial charge in [-0.05, 0) is 39.7 Å². The first-order valence-electron chi connectivity index (χ1n) is 9.55. The highest BCUT2D eigenvalue weighted by Gasteiger charge is 2.35. The van der Waals surface area contributed by atoms with Gasteiger partial charge < -0.3 is 14.5 Å². The Morgan fingerprint density at radius 1 is 1.28 bits per heavy atom. The minimum atomic E-state index is -1.19. The second-order valence-electron chi connectivity index (χ2n) is 7.87. The van der Waals surface area contributed by atoms with Crippen LogP contribution in [0.25, 0.3) is 11.4 Å². The third-order valence-electron chi connectivity index (χ3n) is 5.17. The van der Waals surface area contributed by atoms with Gasteiger partial charge >= 0.3 is 0 Å². The number of hydrogen-bond donors (Lipinski definition) is 1. The van der Waals surface area contributed by atoms with Crippen molar-refractivity contribution in [1.82, 2.24) is 25.0 Å². The zero-order valence-electron chi connectivity index (χ0n) is 16.6. The number of carbonyl (C=O) groups excluding carboxylic acids is 1. The maximum absolute atomic E-state index is 13.4. The third kappa shape index (κ3) is 3.92. The molecule has 3 aromatic rings. The predicted octanol–water partition coefficient (Wildman–Crippen LogP) is 3.22. The van der Waals surface area contributed by atoms with Crippen molar-refractivity contribution in [2.75, 3.05) is 6.54 Å². The van der Waals surface area contributed by atoms with Gasteiger partial charge in [-0.1, -0.05) is 5.16 Å². The van der Waals surface area contributed by atoms with Gasteiger partial charge in [0.2, 0.25) is 0 Å². The van der Waals surface area contributed by atoms with Crippen molar-refractivity contribution in [2.24, 2.45) is 0 Å². The lowest BCUT2D eigenvalue weighted by Crippen LogP contribution is -2.45. The Kier molecular flexibility index (Phi) is 5.18. The van der Waals surface area contributed by atoms with E-state index in [1.54, 1.807) is 32.3 Å². The van der Waals surface area contributed by atoms with E-state index >= 15 is 0 Å². The Morgan fingerprint density at radius 2 is 2.03 bits per heavy atom. The smallest absolute Gasteiger partial charge is 0.258 e. The summed E-state index contributed by atoms with van der Waals surface area (Å²) < 4.78 is 5.22. The average Bonchev–Trinajstić information content (AvgIpc) is 3.38. The minimum Gasteiger partial charge on any atom is -0.381 e. The summed E-state index contributed by atoms with van der Waals surface area (Å²) in [5, 5.41) is 17.9. The summed E-state index contributed by atoms with van der Waals surface area (Å²) in [4.78, 5) is 28.2. The predicted molar refractivity (Wildman–Crippen MR) is 107 cm³/mol. The fourth-order valence-electron chi connectivity index (χ4n) is 3.48. The Morgan fingerprint density at radius 3 is 2.72 bits per heavy atom. The van der Waals surface area contributed by atoms with Crippen LogP contribution in [0.4, 0.5) is 0 Å². The molecule has 0 radical (unpaired) electrons. The molecular formula is C20H23N5O3S. The highest BCUT2D eigenvalue weighted by molar-refractivity contribution is 7.08. The number of likely N-dealkylation sites (tertiary alicyclic amines) is 1. The van der Waals surface area contributed by atoms with Crippen LogP contribution >= 0.6 is 11.3 Å². The van der Waals surface area contributed by atoms with Crippen molar-refractivity contribution in [2.45, 2.75) is 51.2 Å². The van der Waals surface area contributed by atoms with Gasteiger partial charge in [0.25, 0.3) is 11.8 Å². The van der Waals surface area contributed by atoms with Crippen LogP contribution in [0.3, 0.4) is 0 Å². The third-order valence-corrected chi connectivity index (χ3v) is 5.92. The molecule has 1 N–H and O–H groups in total. The summed E-state index contributed by atoms with van der Waals surface area (Å²) >= 11 is 1.46. The van der Waals surface area contributed by atoms with Crippen LogP contribution in [-0.2, 0) is 5.60 Å². The molecule has 0 bridgehead atoms. The quantitative estimate of drug-likeness (QED) is 0.700. The molecule has 4 rings (SSSR count). The van der Waals surface area contributed by atoms with Crippen LogP contribution in [0.2, 0.25) is 0 Å². The maximum Gasteiger partial charge on any atom is 0.258 e. The van der Waals surface area contributed by atoms with Gasteiger partial charge in [0.1, 0.15) is 5.60 Å². The van der Waals surface area contributed by atoms with Crippen LogP contribution in [0.15, 0.2) is 33.7 Å². The van der Waals surface area contributed by atoms with Crippen LogP contribution in [0.5, 0.6) is 0 Å². The number of carbonyl (C=O) groups is 1. The summed E-state index contributed by atoms with van der Waals surface area (Å²) in [6.45, 7) is 5.76. The van der Waals surface area contributed by atoms with Crippen molar-refractivity contribution in [3.63, 3.8) is 0 Å². The molecule has 4 heterocycles. The average molecular weight is 414 g/mol. The Hall–Kier alpha value is -2.65. The van der Waals surface area contributed by atoms with E-state index in [2.05, 4.69) is 27.0 Å². The zero-order chi connectivity index (χ0) is 20.6. The van der Waals surface area contributed by atoms with Crippen LogP contribution in [0.1, 0.15) is 61.6 Å². The molecule has 8 nitrogen and oxygen atoms in total. The number of rotatable bonds is 4. The van der Waals surface area contributed by atoms with Crippen LogP contribution < -0.4 is 0 Å². The molecule has 1 aliphatic rings. The van der Waals surface area contributed by atoms with Crippen molar-refractivity contribution >= 4 is 17.2 Å². The van der Waals surface area contributed by atoms with Crippen molar-refractivity contribution < 1.29 is 14.4 Å². The van der Waals surface area contributed by atoms with Gasteiger partial charge in [-0.3, -0.25) is 4.79 Å². The van der Waals surface area contributed by atoms with Crippen LogP contribution in [-0.4, -0.2) is 48.6 Å². The lowest BCUT2D eigenvalue weighted by atomic mass is 9.92. The molecule has 0 saturated carbocycles. The SMILES string of the molecule is C[C@@H]1CC[C@@H](c2noc(C(C)(C)O)n2)CN1C(=O)c1cscc1-c1ncccn1. The van der Waals surface area contributed by atoms with E-state index in [0.717, 1.165) is 18.4 Å². The summed E-state index contributed by atoms with van der Waals surface area (Å²) in [7, 11) is 0. The highest BCUT2D eigenvalue weighted by Crippen LogP contribution is 2.33. The number of nitrogens with zero attached hydrogens (tertiary/aromatic N) is 5. The second kappa shape index (κ2) is 7.64. The van der Waals surface area contributed by atoms with E-state index in [1.807, 2.05) is 15.7 Å². The first-order valence-corrected chi connectivity index (χ1v) is 10.5. The summed E-state index contributed by atoms with van der Waals surface area (Å²) in [6.07, 6.45) is 5.03. The van der Waals surface area contributed by atoms with Gasteiger partial charge in [0.05, 0.1) is 5.56 Å². The molecule has 1 amide bonds. The van der Waals surface area contributed by atoms with E-state index in [9.17, 15) is 9.90 Å². The summed E-state index contributed by atoms with van der Waals surface area (Å²) in [5.74, 6) is 1.18. The van der Waals surface area contributed by atoms with Crippen molar-refractivity contribution in [1.29, 1.82) is 0 Å². The van der Waals surface area contributed by atoms with E-state index in [0.29, 0.717) is 23.8 Å². The molecule has 0 spiro atoms. The second-order valence-corrected chi connectivity index (χ2v) is 8.61. The maximum atomic E-state index is 13.4. The molecular weight excluding hydrogens is 390 g/mol. The molecule has 1 saturated heterocycles. The molecule has 1 aliphatic heterocycles. The van der Waals surface area contributed by atoms with E-state index in [4.69, 9.17) is 4.52 Å². The van der Waals surface area contributed by atoms with Gasteiger partial charge in [-0.15, -0.1) is 0 Å². The first kappa shape index (κ1) is 19.7.